The molecule has 3 N–H and O–H groups in total. The number of anilines is 1. The van der Waals surface area contributed by atoms with Crippen molar-refractivity contribution in [2.24, 2.45) is 0 Å². The Hall–Kier alpha value is -1.15. The molecule has 0 spiro atoms. The van der Waals surface area contributed by atoms with Gasteiger partial charge in [-0.15, -0.1) is 0 Å². The summed E-state index contributed by atoms with van der Waals surface area (Å²) in [6.45, 7) is 7.56. The Morgan fingerprint density at radius 2 is 1.95 bits per heavy atom. The first-order valence-corrected chi connectivity index (χ1v) is 6.99. The van der Waals surface area contributed by atoms with E-state index >= 15 is 0 Å². The average molecular weight is 312 g/mol. The third-order valence-corrected chi connectivity index (χ3v) is 4.08. The first-order chi connectivity index (χ1) is 9.66. The predicted octanol–water partition coefficient (Wildman–Crippen LogP) is 1.72. The highest BCUT2D eigenvalue weighted by molar-refractivity contribution is 6.55. The summed E-state index contributed by atoms with van der Waals surface area (Å²) in [6, 6.07) is 0. The lowest BCUT2D eigenvalue weighted by Crippen LogP contribution is -2.41. The van der Waals surface area contributed by atoms with Crippen LogP contribution in [0, 0.1) is 0 Å². The third-order valence-electron chi connectivity index (χ3n) is 3.90. The van der Waals surface area contributed by atoms with Crippen LogP contribution >= 0.6 is 11.6 Å². The second-order valence-electron chi connectivity index (χ2n) is 5.95. The van der Waals surface area contributed by atoms with Crippen molar-refractivity contribution < 1.29 is 14.4 Å². The summed E-state index contributed by atoms with van der Waals surface area (Å²) in [4.78, 5) is 7.75. The van der Waals surface area contributed by atoms with Gasteiger partial charge in [0.1, 0.15) is 5.82 Å². The largest absolute Gasteiger partial charge is 0.492 e. The van der Waals surface area contributed by atoms with Gasteiger partial charge in [0.2, 0.25) is 5.28 Å². The second-order valence-corrected chi connectivity index (χ2v) is 6.28. The van der Waals surface area contributed by atoms with Crippen molar-refractivity contribution >= 4 is 30.6 Å². The summed E-state index contributed by atoms with van der Waals surface area (Å²) in [5, 5.41) is 9.67. The lowest BCUT2D eigenvalue weighted by molar-refractivity contribution is 0.00578. The van der Waals surface area contributed by atoms with Gasteiger partial charge in [0.25, 0.3) is 0 Å². The first kappa shape index (κ1) is 16.2. The Bertz CT molecular complexity index is 562. The van der Waals surface area contributed by atoms with Crippen LogP contribution in [0.2, 0.25) is 5.28 Å². The highest BCUT2D eigenvalue weighted by Gasteiger charge is 2.52. The van der Waals surface area contributed by atoms with E-state index in [2.05, 4.69) is 9.97 Å². The van der Waals surface area contributed by atoms with E-state index in [-0.39, 0.29) is 17.7 Å². The molecule has 114 valence electrons. The van der Waals surface area contributed by atoms with Crippen molar-refractivity contribution in [3.8, 4) is 0 Å². The number of hydrogen-bond acceptors (Lipinski definition) is 6. The zero-order valence-corrected chi connectivity index (χ0v) is 13.3. The summed E-state index contributed by atoms with van der Waals surface area (Å²) in [5.41, 5.74) is 5.93. The number of aliphatic hydroxyl groups excluding tert-OH is 1. The van der Waals surface area contributed by atoms with Crippen molar-refractivity contribution in [2.75, 3.05) is 12.3 Å². The third kappa shape index (κ3) is 3.21. The first-order valence-electron chi connectivity index (χ1n) is 6.61. The van der Waals surface area contributed by atoms with Crippen LogP contribution in [-0.2, 0) is 9.31 Å². The Balaban J connectivity index is 2.31. The maximum absolute atomic E-state index is 9.60. The van der Waals surface area contributed by atoms with Crippen molar-refractivity contribution in [3.63, 3.8) is 0 Å². The van der Waals surface area contributed by atoms with Gasteiger partial charge in [-0.1, -0.05) is 6.08 Å². The smallest absolute Gasteiger partial charge is 0.400 e. The van der Waals surface area contributed by atoms with Gasteiger partial charge in [-0.25, -0.2) is 9.97 Å². The standard InChI is InChI=1S/C13H19BClN3O3/c1-12(2)13(3,4)21-14(20-12)9(7-19)5-8-6-17-11(15)18-10(8)16/h5-6,19H,7H2,1-4H3,(H2,16,17,18). The van der Waals surface area contributed by atoms with Gasteiger partial charge >= 0.3 is 7.12 Å². The molecule has 0 aromatic carbocycles. The minimum Gasteiger partial charge on any atom is -0.400 e. The van der Waals surface area contributed by atoms with Crippen LogP contribution in [0.3, 0.4) is 0 Å². The van der Waals surface area contributed by atoms with Crippen LogP contribution in [0.4, 0.5) is 5.82 Å². The molecule has 1 fully saturated rings. The highest BCUT2D eigenvalue weighted by Crippen LogP contribution is 2.38. The summed E-state index contributed by atoms with van der Waals surface area (Å²) in [5.74, 6) is 0.234. The minimum atomic E-state index is -0.643. The number of nitrogens with zero attached hydrogens (tertiary/aromatic N) is 2. The fourth-order valence-electron chi connectivity index (χ4n) is 1.88. The molecule has 0 radical (unpaired) electrons. The van der Waals surface area contributed by atoms with Crippen molar-refractivity contribution in [2.45, 2.75) is 38.9 Å². The second kappa shape index (κ2) is 5.57. The molecular weight excluding hydrogens is 292 g/mol. The Kier molecular flexibility index (Phi) is 4.30. The maximum atomic E-state index is 9.60. The van der Waals surface area contributed by atoms with Gasteiger partial charge in [0.05, 0.1) is 17.8 Å². The Morgan fingerprint density at radius 1 is 1.38 bits per heavy atom. The van der Waals surface area contributed by atoms with Gasteiger partial charge in [-0.2, -0.15) is 0 Å². The SMILES string of the molecule is CC1(C)OB(C(=Cc2cnc(Cl)nc2N)CO)OC1(C)C. The molecular formula is C13H19BClN3O3. The van der Waals surface area contributed by atoms with E-state index in [1.165, 1.54) is 6.20 Å². The minimum absolute atomic E-state index is 0.0748. The number of halogens is 1. The fourth-order valence-corrected chi connectivity index (χ4v) is 2.02. The molecule has 0 atom stereocenters. The van der Waals surface area contributed by atoms with Crippen LogP contribution < -0.4 is 5.73 Å². The van der Waals surface area contributed by atoms with Gasteiger partial charge in [0.15, 0.2) is 0 Å². The zero-order chi connectivity index (χ0) is 15.8. The molecule has 1 aliphatic heterocycles. The van der Waals surface area contributed by atoms with E-state index in [4.69, 9.17) is 26.6 Å². The molecule has 8 heteroatoms. The van der Waals surface area contributed by atoms with E-state index in [0.717, 1.165) is 0 Å². The predicted molar refractivity (Wildman–Crippen MR) is 82.6 cm³/mol. The average Bonchev–Trinajstić information content (AvgIpc) is 2.57. The highest BCUT2D eigenvalue weighted by atomic mass is 35.5. The maximum Gasteiger partial charge on any atom is 0.492 e. The molecule has 6 nitrogen and oxygen atoms in total. The fraction of sp³-hybridized carbons (Fsp3) is 0.538. The summed E-state index contributed by atoms with van der Waals surface area (Å²) < 4.78 is 11.8. The summed E-state index contributed by atoms with van der Waals surface area (Å²) >= 11 is 5.67. The molecule has 0 saturated carbocycles. The summed E-state index contributed by atoms with van der Waals surface area (Å²) in [7, 11) is -0.643. The van der Waals surface area contributed by atoms with E-state index in [1.54, 1.807) is 6.08 Å². The number of rotatable bonds is 3. The molecule has 0 aliphatic carbocycles. The van der Waals surface area contributed by atoms with Crippen LogP contribution in [-0.4, -0.2) is 40.0 Å². The number of aromatic nitrogens is 2. The number of hydrogen-bond donors (Lipinski definition) is 2. The van der Waals surface area contributed by atoms with Crippen LogP contribution in [0.25, 0.3) is 6.08 Å². The van der Waals surface area contributed by atoms with Crippen molar-refractivity contribution in [3.05, 3.63) is 22.5 Å². The van der Waals surface area contributed by atoms with Gasteiger partial charge < -0.3 is 20.1 Å². The topological polar surface area (TPSA) is 90.5 Å². The van der Waals surface area contributed by atoms with E-state index in [1.807, 2.05) is 27.7 Å². The molecule has 1 aromatic heterocycles. The lowest BCUT2D eigenvalue weighted by atomic mass is 9.77. The normalized spacial score (nSPS) is 20.9. The lowest BCUT2D eigenvalue weighted by Gasteiger charge is -2.32. The van der Waals surface area contributed by atoms with Gasteiger partial charge in [0, 0.05) is 11.8 Å². The Labute approximate surface area is 129 Å². The summed E-state index contributed by atoms with van der Waals surface area (Å²) in [6.07, 6.45) is 3.15. The van der Waals surface area contributed by atoms with E-state index in [0.29, 0.717) is 11.0 Å². The number of nitrogen functional groups attached to an aromatic ring is 1. The van der Waals surface area contributed by atoms with E-state index in [9.17, 15) is 5.11 Å². The van der Waals surface area contributed by atoms with E-state index < -0.39 is 18.3 Å². The quantitative estimate of drug-likeness (QED) is 0.652. The molecule has 0 amide bonds. The van der Waals surface area contributed by atoms with Gasteiger partial charge in [-0.3, -0.25) is 0 Å². The molecule has 1 saturated heterocycles. The zero-order valence-electron chi connectivity index (χ0n) is 12.6. The molecule has 2 heterocycles. The van der Waals surface area contributed by atoms with Crippen LogP contribution in [0.1, 0.15) is 33.3 Å². The van der Waals surface area contributed by atoms with Crippen molar-refractivity contribution in [1.29, 1.82) is 0 Å². The molecule has 1 aliphatic rings. The van der Waals surface area contributed by atoms with Crippen LogP contribution in [0.5, 0.6) is 0 Å². The Morgan fingerprint density at radius 3 is 2.43 bits per heavy atom. The van der Waals surface area contributed by atoms with Gasteiger partial charge in [-0.05, 0) is 44.8 Å². The molecule has 2 rings (SSSR count). The van der Waals surface area contributed by atoms with Crippen molar-refractivity contribution in [1.82, 2.24) is 9.97 Å². The molecule has 1 aromatic rings. The monoisotopic (exact) mass is 311 g/mol. The number of nitrogens with two attached hydrogens (primary N) is 1. The molecule has 0 bridgehead atoms. The molecule has 21 heavy (non-hydrogen) atoms. The van der Waals surface area contributed by atoms with Crippen LogP contribution in [0.15, 0.2) is 11.7 Å². The molecule has 0 unspecified atom stereocenters. The number of aliphatic hydroxyl groups is 1.